The van der Waals surface area contributed by atoms with E-state index in [4.69, 9.17) is 9.47 Å². The second-order valence-electron chi connectivity index (χ2n) is 6.19. The zero-order valence-electron chi connectivity index (χ0n) is 15.2. The summed E-state index contributed by atoms with van der Waals surface area (Å²) in [6.07, 6.45) is 0.403. The van der Waals surface area contributed by atoms with E-state index < -0.39 is 15.1 Å². The Balaban J connectivity index is 1.72. The number of amides is 2. The Morgan fingerprint density at radius 3 is 2.48 bits per heavy atom. The largest absolute Gasteiger partial charge is 0.493 e. The van der Waals surface area contributed by atoms with Gasteiger partial charge in [0.15, 0.2) is 21.3 Å². The molecule has 1 heterocycles. The van der Waals surface area contributed by atoms with Crippen molar-refractivity contribution >= 4 is 21.6 Å². The molecule has 0 unspecified atom stereocenters. The van der Waals surface area contributed by atoms with E-state index in [2.05, 4.69) is 5.32 Å². The Kier molecular flexibility index (Phi) is 5.55. The number of anilines is 1. The van der Waals surface area contributed by atoms with Crippen molar-refractivity contribution in [1.82, 2.24) is 4.90 Å². The summed E-state index contributed by atoms with van der Waals surface area (Å²) in [5, 5.41) is 2.16. The van der Waals surface area contributed by atoms with E-state index in [1.165, 1.54) is 19.1 Å². The highest BCUT2D eigenvalue weighted by Crippen LogP contribution is 2.35. The van der Waals surface area contributed by atoms with Crippen molar-refractivity contribution in [2.24, 2.45) is 0 Å². The summed E-state index contributed by atoms with van der Waals surface area (Å²) in [5.41, 5.74) is 0.469. The van der Waals surface area contributed by atoms with Crippen LogP contribution in [0.5, 0.6) is 11.5 Å². The van der Waals surface area contributed by atoms with Crippen LogP contribution in [-0.2, 0) is 9.84 Å². The van der Waals surface area contributed by atoms with Gasteiger partial charge in [0, 0.05) is 13.1 Å². The molecule has 0 aromatic heterocycles. The van der Waals surface area contributed by atoms with Crippen LogP contribution in [0.25, 0.3) is 0 Å². The van der Waals surface area contributed by atoms with Crippen molar-refractivity contribution in [3.8, 4) is 11.5 Å². The molecule has 1 saturated heterocycles. The number of carbonyl (C=O) groups is 1. The van der Waals surface area contributed by atoms with E-state index in [9.17, 15) is 13.2 Å². The predicted octanol–water partition coefficient (Wildman–Crippen LogP) is 2.78. The van der Waals surface area contributed by atoms with Crippen LogP contribution < -0.4 is 14.8 Å². The van der Waals surface area contributed by atoms with Gasteiger partial charge in [-0.05, 0) is 30.7 Å². The Morgan fingerprint density at radius 2 is 1.81 bits per heavy atom. The van der Waals surface area contributed by atoms with Gasteiger partial charge >= 0.3 is 6.03 Å². The average molecular weight is 390 g/mol. The van der Waals surface area contributed by atoms with E-state index in [0.717, 1.165) is 0 Å². The molecule has 1 aliphatic rings. The monoisotopic (exact) mass is 390 g/mol. The molecule has 1 atom stereocenters. The van der Waals surface area contributed by atoms with E-state index in [1.807, 2.05) is 0 Å². The summed E-state index contributed by atoms with van der Waals surface area (Å²) in [6.45, 7) is 0.518. The Morgan fingerprint density at radius 1 is 1.07 bits per heavy atom. The maximum absolute atomic E-state index is 12.7. The molecule has 8 heteroatoms. The topological polar surface area (TPSA) is 84.9 Å². The highest BCUT2D eigenvalue weighted by Gasteiger charge is 2.36. The molecule has 2 aromatic rings. The highest BCUT2D eigenvalue weighted by molar-refractivity contribution is 7.92. The summed E-state index contributed by atoms with van der Waals surface area (Å²) in [4.78, 5) is 14.4. The van der Waals surface area contributed by atoms with Gasteiger partial charge in [-0.1, -0.05) is 24.3 Å². The number of methoxy groups -OCH3 is 2. The number of nitrogens with zero attached hydrogens (tertiary/aromatic N) is 1. The third kappa shape index (κ3) is 3.85. The van der Waals surface area contributed by atoms with Crippen molar-refractivity contribution in [2.45, 2.75) is 16.6 Å². The van der Waals surface area contributed by atoms with Crippen LogP contribution >= 0.6 is 0 Å². The van der Waals surface area contributed by atoms with Crippen molar-refractivity contribution in [3.05, 3.63) is 48.5 Å². The standard InChI is InChI=1S/C19H22N2O5S/c1-25-17-10-6-9-16(18(17)26-2)20-19(22)21-12-11-15(13-21)27(23,24)14-7-4-3-5-8-14/h3-10,15H,11-13H2,1-2H3,(H,20,22)/t15-/m0/s1. The van der Waals surface area contributed by atoms with Crippen molar-refractivity contribution in [3.63, 3.8) is 0 Å². The number of nitrogens with one attached hydrogen (secondary N) is 1. The number of hydrogen-bond donors (Lipinski definition) is 1. The van der Waals surface area contributed by atoms with Crippen LogP contribution in [0.3, 0.4) is 0 Å². The molecule has 0 spiro atoms. The molecule has 0 radical (unpaired) electrons. The predicted molar refractivity (Wildman–Crippen MR) is 102 cm³/mol. The zero-order valence-corrected chi connectivity index (χ0v) is 16.0. The minimum atomic E-state index is -3.47. The Bertz CT molecular complexity index is 915. The van der Waals surface area contributed by atoms with Gasteiger partial charge < -0.3 is 19.7 Å². The first-order valence-electron chi connectivity index (χ1n) is 8.53. The molecule has 2 amide bonds. The summed E-state index contributed by atoms with van der Waals surface area (Å²) in [6, 6.07) is 13.1. The fourth-order valence-corrected chi connectivity index (χ4v) is 4.86. The molecule has 144 valence electrons. The summed E-state index contributed by atoms with van der Waals surface area (Å²) in [5.74, 6) is 0.919. The first kappa shape index (κ1) is 19.0. The number of sulfone groups is 1. The SMILES string of the molecule is COc1cccc(NC(=O)N2CC[C@H](S(=O)(=O)c3ccccc3)C2)c1OC. The number of urea groups is 1. The average Bonchev–Trinajstić information content (AvgIpc) is 3.19. The van der Waals surface area contributed by atoms with Crippen LogP contribution in [0.15, 0.2) is 53.4 Å². The molecule has 1 aliphatic heterocycles. The number of benzene rings is 2. The van der Waals surface area contributed by atoms with Gasteiger partial charge in [0.2, 0.25) is 0 Å². The quantitative estimate of drug-likeness (QED) is 0.849. The minimum Gasteiger partial charge on any atom is -0.493 e. The minimum absolute atomic E-state index is 0.148. The number of hydrogen-bond acceptors (Lipinski definition) is 5. The molecule has 0 bridgehead atoms. The lowest BCUT2D eigenvalue weighted by Gasteiger charge is -2.19. The fourth-order valence-electron chi connectivity index (χ4n) is 3.15. The normalized spacial score (nSPS) is 16.8. The number of carbonyl (C=O) groups excluding carboxylic acids is 1. The number of para-hydroxylation sites is 1. The van der Waals surface area contributed by atoms with Crippen molar-refractivity contribution < 1.29 is 22.7 Å². The van der Waals surface area contributed by atoms with Gasteiger partial charge in [-0.15, -0.1) is 0 Å². The Labute approximate surface area is 158 Å². The van der Waals surface area contributed by atoms with Gasteiger partial charge in [0.1, 0.15) is 0 Å². The molecule has 0 aliphatic carbocycles. The van der Waals surface area contributed by atoms with Crippen LogP contribution in [-0.4, -0.2) is 51.9 Å². The lowest BCUT2D eigenvalue weighted by Crippen LogP contribution is -2.35. The summed E-state index contributed by atoms with van der Waals surface area (Å²) >= 11 is 0. The number of likely N-dealkylation sites (tertiary alicyclic amines) is 1. The second kappa shape index (κ2) is 7.87. The van der Waals surface area contributed by atoms with Crippen LogP contribution in [0.1, 0.15) is 6.42 Å². The lowest BCUT2D eigenvalue weighted by atomic mass is 10.2. The smallest absolute Gasteiger partial charge is 0.321 e. The summed E-state index contributed by atoms with van der Waals surface area (Å²) in [7, 11) is -0.459. The van der Waals surface area contributed by atoms with Crippen LogP contribution in [0, 0.1) is 0 Å². The van der Waals surface area contributed by atoms with Gasteiger partial charge in [-0.3, -0.25) is 0 Å². The maximum Gasteiger partial charge on any atom is 0.321 e. The molecular formula is C19H22N2O5S. The van der Waals surface area contributed by atoms with Gasteiger partial charge in [-0.25, -0.2) is 13.2 Å². The van der Waals surface area contributed by atoms with Gasteiger partial charge in [0.05, 0.1) is 30.1 Å². The molecule has 27 heavy (non-hydrogen) atoms. The molecule has 2 aromatic carbocycles. The molecule has 7 nitrogen and oxygen atoms in total. The van der Waals surface area contributed by atoms with Gasteiger partial charge in [0.25, 0.3) is 0 Å². The van der Waals surface area contributed by atoms with E-state index in [-0.39, 0.29) is 17.5 Å². The van der Waals surface area contributed by atoms with E-state index >= 15 is 0 Å². The first-order chi connectivity index (χ1) is 13.0. The Hall–Kier alpha value is -2.74. The number of ether oxygens (including phenoxy) is 2. The second-order valence-corrected chi connectivity index (χ2v) is 8.41. The molecular weight excluding hydrogens is 368 g/mol. The van der Waals surface area contributed by atoms with E-state index in [1.54, 1.807) is 48.5 Å². The van der Waals surface area contributed by atoms with Crippen molar-refractivity contribution in [1.29, 1.82) is 0 Å². The maximum atomic E-state index is 12.7. The first-order valence-corrected chi connectivity index (χ1v) is 10.1. The molecule has 3 rings (SSSR count). The molecule has 0 saturated carbocycles. The molecule has 1 fully saturated rings. The van der Waals surface area contributed by atoms with Crippen LogP contribution in [0.4, 0.5) is 10.5 Å². The number of rotatable bonds is 5. The van der Waals surface area contributed by atoms with E-state index in [0.29, 0.717) is 30.2 Å². The van der Waals surface area contributed by atoms with Gasteiger partial charge in [-0.2, -0.15) is 0 Å². The summed E-state index contributed by atoms with van der Waals surface area (Å²) < 4.78 is 36.0. The fraction of sp³-hybridized carbons (Fsp3) is 0.316. The van der Waals surface area contributed by atoms with Crippen LogP contribution in [0.2, 0.25) is 0 Å². The highest BCUT2D eigenvalue weighted by atomic mass is 32.2. The molecule has 1 N–H and O–H groups in total. The third-order valence-corrected chi connectivity index (χ3v) is 6.78. The lowest BCUT2D eigenvalue weighted by molar-refractivity contribution is 0.222. The zero-order chi connectivity index (χ0) is 19.4. The third-order valence-electron chi connectivity index (χ3n) is 4.59. The van der Waals surface area contributed by atoms with Crippen molar-refractivity contribution in [2.75, 3.05) is 32.6 Å².